The van der Waals surface area contributed by atoms with Gasteiger partial charge in [0.15, 0.2) is 0 Å². The Balaban J connectivity index is 1.20. The molecule has 9 nitrogen and oxygen atoms in total. The van der Waals surface area contributed by atoms with Crippen LogP contribution in [-0.4, -0.2) is 52.6 Å². The molecule has 0 spiro atoms. The summed E-state index contributed by atoms with van der Waals surface area (Å²) in [5.74, 6) is 0.456. The molecule has 2 amide bonds. The highest BCUT2D eigenvalue weighted by Crippen LogP contribution is 2.33. The summed E-state index contributed by atoms with van der Waals surface area (Å²) in [5, 5.41) is 8.77. The molecule has 1 saturated heterocycles. The van der Waals surface area contributed by atoms with Crippen LogP contribution in [0.25, 0.3) is 11.1 Å². The standard InChI is InChI=1S/C31H33N5O4S2/c1-19-22(7-5-8-23(19)33-30(38)26-15-20-6-3-4-9-25(20)42-26)21-14-24(31(39)35(2)17-21)32-27-18-41-28(34-27)16-29(37)36-10-12-40-13-11-36/h5,7-8,14-15,17-18,32H,3-4,6,9-13,16H2,1-2H3,(H,33,38). The number of morpholine rings is 1. The Morgan fingerprint density at radius 3 is 2.71 bits per heavy atom. The Bertz CT molecular complexity index is 1680. The SMILES string of the molecule is Cc1c(NC(=O)c2cc3c(s2)CCCC3)cccc1-c1cc(Nc2csc(CC(=O)N3CCOCC3)n2)c(=O)n(C)c1. The number of aromatic nitrogens is 2. The van der Waals surface area contributed by atoms with Gasteiger partial charge in [-0.15, -0.1) is 22.7 Å². The van der Waals surface area contributed by atoms with Crippen molar-refractivity contribution >= 4 is 51.7 Å². The fraction of sp³-hybridized carbons (Fsp3) is 0.355. The second-order valence-electron chi connectivity index (χ2n) is 10.7. The number of fused-ring (bicyclic) bond motifs is 1. The van der Waals surface area contributed by atoms with Gasteiger partial charge in [0.05, 0.1) is 24.5 Å². The average Bonchev–Trinajstić information content (AvgIpc) is 3.64. The van der Waals surface area contributed by atoms with Crippen molar-refractivity contribution in [2.24, 2.45) is 7.05 Å². The molecule has 3 aromatic heterocycles. The molecule has 0 bridgehead atoms. The van der Waals surface area contributed by atoms with Crippen molar-refractivity contribution in [1.29, 1.82) is 0 Å². The van der Waals surface area contributed by atoms with Crippen molar-refractivity contribution in [3.63, 3.8) is 0 Å². The van der Waals surface area contributed by atoms with E-state index in [1.54, 1.807) is 29.5 Å². The average molecular weight is 604 g/mol. The predicted molar refractivity (Wildman–Crippen MR) is 167 cm³/mol. The third kappa shape index (κ3) is 6.04. The molecule has 1 fully saturated rings. The first-order valence-electron chi connectivity index (χ1n) is 14.2. The molecule has 0 saturated carbocycles. The van der Waals surface area contributed by atoms with E-state index in [0.717, 1.165) is 40.1 Å². The van der Waals surface area contributed by atoms with E-state index in [1.807, 2.05) is 42.6 Å². The number of carbonyl (C=O) groups is 2. The number of aryl methyl sites for hydroxylation is 3. The van der Waals surface area contributed by atoms with Gasteiger partial charge in [0, 0.05) is 47.8 Å². The van der Waals surface area contributed by atoms with E-state index < -0.39 is 0 Å². The molecule has 1 aromatic carbocycles. The van der Waals surface area contributed by atoms with Gasteiger partial charge < -0.3 is 24.8 Å². The number of nitrogens with zero attached hydrogens (tertiary/aromatic N) is 3. The lowest BCUT2D eigenvalue weighted by Crippen LogP contribution is -2.41. The van der Waals surface area contributed by atoms with Crippen LogP contribution in [0, 0.1) is 6.92 Å². The molecule has 0 atom stereocenters. The number of benzene rings is 1. The monoisotopic (exact) mass is 603 g/mol. The molecule has 0 radical (unpaired) electrons. The van der Waals surface area contributed by atoms with Crippen LogP contribution >= 0.6 is 22.7 Å². The van der Waals surface area contributed by atoms with Gasteiger partial charge in [-0.25, -0.2) is 4.98 Å². The fourth-order valence-corrected chi connectivity index (χ4v) is 7.33. The Hall–Kier alpha value is -3.80. The number of thiazole rings is 1. The van der Waals surface area contributed by atoms with Gasteiger partial charge in [-0.1, -0.05) is 12.1 Å². The predicted octanol–water partition coefficient (Wildman–Crippen LogP) is 5.15. The Morgan fingerprint density at radius 2 is 1.90 bits per heavy atom. The molecule has 4 aromatic rings. The molecule has 0 unspecified atom stereocenters. The lowest BCUT2D eigenvalue weighted by Gasteiger charge is -2.26. The Labute approximate surface area is 252 Å². The second kappa shape index (κ2) is 12.2. The summed E-state index contributed by atoms with van der Waals surface area (Å²) in [4.78, 5) is 47.3. The maximum absolute atomic E-state index is 13.2. The number of anilines is 3. The molecule has 2 N–H and O–H groups in total. The van der Waals surface area contributed by atoms with Crippen LogP contribution in [0.3, 0.4) is 0 Å². The molecular formula is C31H33N5O4S2. The van der Waals surface area contributed by atoms with Gasteiger partial charge in [-0.05, 0) is 67.5 Å². The summed E-state index contributed by atoms with van der Waals surface area (Å²) >= 11 is 2.99. The van der Waals surface area contributed by atoms with Gasteiger partial charge in [-0.3, -0.25) is 14.4 Å². The van der Waals surface area contributed by atoms with Crippen molar-refractivity contribution in [2.45, 2.75) is 39.0 Å². The zero-order valence-electron chi connectivity index (χ0n) is 23.7. The quantitative estimate of drug-likeness (QED) is 0.303. The molecule has 2 aliphatic rings. The van der Waals surface area contributed by atoms with Gasteiger partial charge in [0.1, 0.15) is 16.5 Å². The number of thiophene rings is 1. The largest absolute Gasteiger partial charge is 0.378 e. The van der Waals surface area contributed by atoms with Crippen molar-refractivity contribution in [1.82, 2.24) is 14.5 Å². The number of carbonyl (C=O) groups excluding carboxylic acids is 2. The topological polar surface area (TPSA) is 106 Å². The fourth-order valence-electron chi connectivity index (χ4n) is 5.46. The van der Waals surface area contributed by atoms with Crippen LogP contribution in [0.15, 0.2) is 46.7 Å². The van der Waals surface area contributed by atoms with E-state index >= 15 is 0 Å². The van der Waals surface area contributed by atoms with Crippen molar-refractivity contribution in [3.05, 3.63) is 78.2 Å². The summed E-state index contributed by atoms with van der Waals surface area (Å²) in [6.45, 7) is 4.28. The van der Waals surface area contributed by atoms with Gasteiger partial charge in [0.2, 0.25) is 5.91 Å². The molecule has 42 heavy (non-hydrogen) atoms. The molecular weight excluding hydrogens is 571 g/mol. The van der Waals surface area contributed by atoms with Crippen LogP contribution in [0.4, 0.5) is 17.2 Å². The Kier molecular flexibility index (Phi) is 8.23. The summed E-state index contributed by atoms with van der Waals surface area (Å²) < 4.78 is 6.87. The lowest BCUT2D eigenvalue weighted by atomic mass is 9.99. The van der Waals surface area contributed by atoms with E-state index in [1.165, 1.54) is 39.2 Å². The maximum atomic E-state index is 13.2. The van der Waals surface area contributed by atoms with Gasteiger partial charge in [0.25, 0.3) is 11.5 Å². The Morgan fingerprint density at radius 1 is 1.10 bits per heavy atom. The number of rotatable bonds is 7. The molecule has 1 aliphatic heterocycles. The smallest absolute Gasteiger partial charge is 0.274 e. The highest BCUT2D eigenvalue weighted by molar-refractivity contribution is 7.14. The molecule has 6 rings (SSSR count). The van der Waals surface area contributed by atoms with Crippen molar-refractivity contribution in [2.75, 3.05) is 36.9 Å². The van der Waals surface area contributed by atoms with Crippen LogP contribution in [0.1, 0.15) is 43.5 Å². The van der Waals surface area contributed by atoms with Crippen molar-refractivity contribution in [3.8, 4) is 11.1 Å². The maximum Gasteiger partial charge on any atom is 0.274 e. The first-order chi connectivity index (χ1) is 20.4. The zero-order chi connectivity index (χ0) is 29.2. The summed E-state index contributed by atoms with van der Waals surface area (Å²) in [6.07, 6.45) is 6.48. The first-order valence-corrected chi connectivity index (χ1v) is 15.9. The first kappa shape index (κ1) is 28.3. The minimum Gasteiger partial charge on any atom is -0.378 e. The number of hydrogen-bond donors (Lipinski definition) is 2. The molecule has 11 heteroatoms. The molecule has 218 valence electrons. The van der Waals surface area contributed by atoms with E-state index in [-0.39, 0.29) is 23.8 Å². The third-order valence-corrected chi connectivity index (χ3v) is 9.86. The van der Waals surface area contributed by atoms with E-state index in [9.17, 15) is 14.4 Å². The third-order valence-electron chi connectivity index (χ3n) is 7.78. The van der Waals surface area contributed by atoms with E-state index in [0.29, 0.717) is 42.8 Å². The van der Waals surface area contributed by atoms with Crippen LogP contribution in [-0.2, 0) is 35.8 Å². The minimum atomic E-state index is -0.193. The number of ether oxygens (including phenoxy) is 1. The second-order valence-corrected chi connectivity index (χ2v) is 12.8. The highest BCUT2D eigenvalue weighted by Gasteiger charge is 2.20. The van der Waals surface area contributed by atoms with E-state index in [4.69, 9.17) is 4.74 Å². The van der Waals surface area contributed by atoms with Crippen LogP contribution < -0.4 is 16.2 Å². The number of hydrogen-bond acceptors (Lipinski definition) is 8. The summed E-state index contributed by atoms with van der Waals surface area (Å²) in [7, 11) is 1.71. The number of amides is 2. The van der Waals surface area contributed by atoms with Crippen LogP contribution in [0.2, 0.25) is 0 Å². The highest BCUT2D eigenvalue weighted by atomic mass is 32.1. The van der Waals surface area contributed by atoms with E-state index in [2.05, 4.69) is 15.6 Å². The summed E-state index contributed by atoms with van der Waals surface area (Å²) in [6, 6.07) is 9.65. The number of pyridine rings is 1. The normalized spacial score (nSPS) is 14.9. The number of nitrogens with one attached hydrogen (secondary N) is 2. The zero-order valence-corrected chi connectivity index (χ0v) is 25.3. The minimum absolute atomic E-state index is 0.0261. The van der Waals surface area contributed by atoms with Gasteiger partial charge >= 0.3 is 0 Å². The summed E-state index contributed by atoms with van der Waals surface area (Å²) in [5.41, 5.74) is 4.88. The van der Waals surface area contributed by atoms with Crippen molar-refractivity contribution < 1.29 is 14.3 Å². The lowest BCUT2D eigenvalue weighted by molar-refractivity contribution is -0.134. The van der Waals surface area contributed by atoms with Gasteiger partial charge in [-0.2, -0.15) is 0 Å². The molecule has 1 aliphatic carbocycles. The van der Waals surface area contributed by atoms with Crippen LogP contribution in [0.5, 0.6) is 0 Å². The molecule has 4 heterocycles.